The summed E-state index contributed by atoms with van der Waals surface area (Å²) >= 11 is 0. The zero-order valence-corrected chi connectivity index (χ0v) is 12.5. The number of hydrogen-bond acceptors (Lipinski definition) is 5. The quantitative estimate of drug-likeness (QED) is 0.784. The van der Waals surface area contributed by atoms with Crippen LogP contribution in [0.2, 0.25) is 0 Å². The number of aromatic nitrogens is 2. The highest BCUT2D eigenvalue weighted by Crippen LogP contribution is 2.18. The summed E-state index contributed by atoms with van der Waals surface area (Å²) in [6, 6.07) is 14.5. The van der Waals surface area contributed by atoms with E-state index in [2.05, 4.69) is 15.5 Å². The Morgan fingerprint density at radius 2 is 1.96 bits per heavy atom. The highest BCUT2D eigenvalue weighted by atomic mass is 16.5. The predicted molar refractivity (Wildman–Crippen MR) is 83.9 cm³/mol. The molecule has 0 aliphatic carbocycles. The summed E-state index contributed by atoms with van der Waals surface area (Å²) in [4.78, 5) is 12.2. The van der Waals surface area contributed by atoms with Crippen LogP contribution in [0, 0.1) is 0 Å². The molecule has 3 rings (SSSR count). The van der Waals surface area contributed by atoms with E-state index in [1.165, 1.54) is 6.39 Å². The van der Waals surface area contributed by atoms with Gasteiger partial charge >= 0.3 is 0 Å². The van der Waals surface area contributed by atoms with Crippen LogP contribution >= 0.6 is 0 Å². The fourth-order valence-electron chi connectivity index (χ4n) is 2.19. The van der Waals surface area contributed by atoms with E-state index in [4.69, 9.17) is 9.15 Å². The number of nitrogens with zero attached hydrogens (tertiary/aromatic N) is 2. The third kappa shape index (κ3) is 3.37. The Balaban J connectivity index is 1.66. The van der Waals surface area contributed by atoms with Crippen molar-refractivity contribution in [3.05, 3.63) is 66.1 Å². The molecule has 0 spiro atoms. The second-order valence-electron chi connectivity index (χ2n) is 4.82. The first-order chi connectivity index (χ1) is 11.3. The van der Waals surface area contributed by atoms with Gasteiger partial charge in [-0.05, 0) is 30.3 Å². The molecule has 0 aliphatic heterocycles. The molecule has 1 heterocycles. The Morgan fingerprint density at radius 3 is 2.65 bits per heavy atom. The monoisotopic (exact) mass is 309 g/mol. The molecule has 0 radical (unpaired) electrons. The molecule has 0 bridgehead atoms. The number of para-hydroxylation sites is 1. The van der Waals surface area contributed by atoms with Crippen LogP contribution in [0.3, 0.4) is 0 Å². The molecule has 0 unspecified atom stereocenters. The maximum atomic E-state index is 12.2. The summed E-state index contributed by atoms with van der Waals surface area (Å²) in [7, 11) is 1.61. The van der Waals surface area contributed by atoms with Crippen LogP contribution in [0.5, 0.6) is 5.75 Å². The molecule has 1 aromatic heterocycles. The third-order valence-electron chi connectivity index (χ3n) is 3.39. The van der Waals surface area contributed by atoms with Crippen molar-refractivity contribution < 1.29 is 13.9 Å². The SMILES string of the molecule is COc1ccccc1CNC(=O)c1ccc(-c2nnco2)cc1. The number of nitrogens with one attached hydrogen (secondary N) is 1. The largest absolute Gasteiger partial charge is 0.496 e. The van der Waals surface area contributed by atoms with Gasteiger partial charge in [-0.2, -0.15) is 0 Å². The van der Waals surface area contributed by atoms with E-state index < -0.39 is 0 Å². The van der Waals surface area contributed by atoms with Crippen molar-refractivity contribution >= 4 is 5.91 Å². The summed E-state index contributed by atoms with van der Waals surface area (Å²) in [5, 5.41) is 10.3. The van der Waals surface area contributed by atoms with Crippen LogP contribution in [-0.2, 0) is 6.54 Å². The van der Waals surface area contributed by atoms with Gasteiger partial charge < -0.3 is 14.5 Å². The van der Waals surface area contributed by atoms with Crippen LogP contribution < -0.4 is 10.1 Å². The molecule has 2 aromatic carbocycles. The Kier molecular flexibility index (Phi) is 4.33. The predicted octanol–water partition coefficient (Wildman–Crippen LogP) is 2.68. The second kappa shape index (κ2) is 6.74. The third-order valence-corrected chi connectivity index (χ3v) is 3.39. The van der Waals surface area contributed by atoms with Crippen molar-refractivity contribution in [2.45, 2.75) is 6.54 Å². The minimum Gasteiger partial charge on any atom is -0.496 e. The van der Waals surface area contributed by atoms with Crippen LogP contribution in [-0.4, -0.2) is 23.2 Å². The molecule has 0 aliphatic rings. The molecule has 0 saturated heterocycles. The molecule has 1 amide bonds. The molecule has 6 heteroatoms. The van der Waals surface area contributed by atoms with Gasteiger partial charge in [-0.25, -0.2) is 0 Å². The first-order valence-corrected chi connectivity index (χ1v) is 7.04. The van der Waals surface area contributed by atoms with E-state index in [0.29, 0.717) is 18.0 Å². The van der Waals surface area contributed by atoms with Crippen molar-refractivity contribution in [2.24, 2.45) is 0 Å². The average Bonchev–Trinajstić information content (AvgIpc) is 3.14. The van der Waals surface area contributed by atoms with Gasteiger partial charge in [-0.15, -0.1) is 10.2 Å². The normalized spacial score (nSPS) is 10.3. The smallest absolute Gasteiger partial charge is 0.251 e. The number of rotatable bonds is 5. The molecular weight excluding hydrogens is 294 g/mol. The van der Waals surface area contributed by atoms with Gasteiger partial charge in [0.05, 0.1) is 7.11 Å². The van der Waals surface area contributed by atoms with Crippen molar-refractivity contribution in [2.75, 3.05) is 7.11 Å². The van der Waals surface area contributed by atoms with Crippen molar-refractivity contribution in [3.63, 3.8) is 0 Å². The van der Waals surface area contributed by atoms with Crippen LogP contribution in [0.4, 0.5) is 0 Å². The molecule has 3 aromatic rings. The van der Waals surface area contributed by atoms with Gasteiger partial charge in [0.2, 0.25) is 12.3 Å². The van der Waals surface area contributed by atoms with E-state index in [9.17, 15) is 4.79 Å². The Hall–Kier alpha value is -3.15. The number of methoxy groups -OCH3 is 1. The highest BCUT2D eigenvalue weighted by molar-refractivity contribution is 5.94. The number of carbonyl (C=O) groups is 1. The summed E-state index contributed by atoms with van der Waals surface area (Å²) in [6.07, 6.45) is 1.27. The summed E-state index contributed by atoms with van der Waals surface area (Å²) < 4.78 is 10.4. The Bertz CT molecular complexity index is 783. The maximum absolute atomic E-state index is 12.2. The standard InChI is InChI=1S/C17H15N3O3/c1-22-15-5-3-2-4-14(15)10-18-16(21)12-6-8-13(9-7-12)17-20-19-11-23-17/h2-9,11H,10H2,1H3,(H,18,21). The van der Waals surface area contributed by atoms with Crippen LogP contribution in [0.1, 0.15) is 15.9 Å². The lowest BCUT2D eigenvalue weighted by molar-refractivity contribution is 0.0950. The minimum absolute atomic E-state index is 0.159. The van der Waals surface area contributed by atoms with E-state index in [0.717, 1.165) is 16.9 Å². The number of amides is 1. The molecule has 6 nitrogen and oxygen atoms in total. The minimum atomic E-state index is -0.159. The maximum Gasteiger partial charge on any atom is 0.251 e. The highest BCUT2D eigenvalue weighted by Gasteiger charge is 2.09. The lowest BCUT2D eigenvalue weighted by Crippen LogP contribution is -2.22. The van der Waals surface area contributed by atoms with Gasteiger partial charge in [0.25, 0.3) is 5.91 Å². The van der Waals surface area contributed by atoms with Crippen molar-refractivity contribution in [1.82, 2.24) is 15.5 Å². The topological polar surface area (TPSA) is 77.2 Å². The lowest BCUT2D eigenvalue weighted by atomic mass is 10.1. The molecule has 0 atom stereocenters. The van der Waals surface area contributed by atoms with Gasteiger partial charge in [-0.1, -0.05) is 18.2 Å². The van der Waals surface area contributed by atoms with Gasteiger partial charge in [0.1, 0.15) is 5.75 Å². The van der Waals surface area contributed by atoms with E-state index in [1.807, 2.05) is 24.3 Å². The fraction of sp³-hybridized carbons (Fsp3) is 0.118. The first-order valence-electron chi connectivity index (χ1n) is 7.04. The van der Waals surface area contributed by atoms with E-state index in [1.54, 1.807) is 31.4 Å². The van der Waals surface area contributed by atoms with Crippen LogP contribution in [0.15, 0.2) is 59.3 Å². The molecule has 23 heavy (non-hydrogen) atoms. The number of ether oxygens (including phenoxy) is 1. The number of carbonyl (C=O) groups excluding carboxylic acids is 1. The molecule has 0 fully saturated rings. The lowest BCUT2D eigenvalue weighted by Gasteiger charge is -2.09. The first kappa shape index (κ1) is 14.8. The zero-order chi connectivity index (χ0) is 16.1. The second-order valence-corrected chi connectivity index (χ2v) is 4.82. The molecule has 0 saturated carbocycles. The van der Waals surface area contributed by atoms with Crippen molar-refractivity contribution in [3.8, 4) is 17.2 Å². The van der Waals surface area contributed by atoms with Crippen LogP contribution in [0.25, 0.3) is 11.5 Å². The fourth-order valence-corrected chi connectivity index (χ4v) is 2.19. The zero-order valence-electron chi connectivity index (χ0n) is 12.5. The Labute approximate surface area is 133 Å². The van der Waals surface area contributed by atoms with Gasteiger partial charge in [0, 0.05) is 23.2 Å². The summed E-state index contributed by atoms with van der Waals surface area (Å²) in [6.45, 7) is 0.397. The van der Waals surface area contributed by atoms with Gasteiger partial charge in [0.15, 0.2) is 0 Å². The molecular formula is C17H15N3O3. The summed E-state index contributed by atoms with van der Waals surface area (Å²) in [5.41, 5.74) is 2.25. The summed E-state index contributed by atoms with van der Waals surface area (Å²) in [5.74, 6) is 1.01. The average molecular weight is 309 g/mol. The number of benzene rings is 2. The molecule has 116 valence electrons. The number of hydrogen-bond donors (Lipinski definition) is 1. The van der Waals surface area contributed by atoms with E-state index >= 15 is 0 Å². The Morgan fingerprint density at radius 1 is 1.17 bits per heavy atom. The molecule has 1 N–H and O–H groups in total. The van der Waals surface area contributed by atoms with E-state index in [-0.39, 0.29) is 5.91 Å². The van der Waals surface area contributed by atoms with Crippen molar-refractivity contribution in [1.29, 1.82) is 0 Å². The van der Waals surface area contributed by atoms with Gasteiger partial charge in [-0.3, -0.25) is 4.79 Å².